The van der Waals surface area contributed by atoms with E-state index in [0.29, 0.717) is 29.2 Å². The Labute approximate surface area is 174 Å². The van der Waals surface area contributed by atoms with Crippen molar-refractivity contribution in [2.75, 3.05) is 13.2 Å². The summed E-state index contributed by atoms with van der Waals surface area (Å²) < 4.78 is 33.0. The highest BCUT2D eigenvalue weighted by molar-refractivity contribution is 7.89. The van der Waals surface area contributed by atoms with Gasteiger partial charge in [0.1, 0.15) is 12.9 Å². The fourth-order valence-electron chi connectivity index (χ4n) is 4.13. The zero-order valence-electron chi connectivity index (χ0n) is 17.0. The molecule has 4 unspecified atom stereocenters. The number of aldehydes is 1. The van der Waals surface area contributed by atoms with E-state index >= 15 is 0 Å². The standard InChI is InChI=1S/C23H31NO4S/c1-18-8-7-10-20(16-18)23(28-15-14-25)22-17-19(22)9-5-6-13-24-29(26,27)21-11-3-2-4-12-21/h2-4,7-8,10-12,14,18-19,22-24H,5-6,9,13,15-17H2,1H3. The molecule has 1 aromatic carbocycles. The summed E-state index contributed by atoms with van der Waals surface area (Å²) in [5, 5.41) is 0. The van der Waals surface area contributed by atoms with Gasteiger partial charge in [-0.15, -0.1) is 0 Å². The lowest BCUT2D eigenvalue weighted by atomic mass is 9.90. The highest BCUT2D eigenvalue weighted by atomic mass is 32.2. The number of ether oxygens (including phenoxy) is 1. The van der Waals surface area contributed by atoms with E-state index in [2.05, 4.69) is 29.9 Å². The van der Waals surface area contributed by atoms with Crippen molar-refractivity contribution in [2.45, 2.75) is 50.0 Å². The highest BCUT2D eigenvalue weighted by Crippen LogP contribution is 2.48. The number of hydrogen-bond acceptors (Lipinski definition) is 4. The molecule has 0 spiro atoms. The molecule has 5 nitrogen and oxygen atoms in total. The summed E-state index contributed by atoms with van der Waals surface area (Å²) in [6, 6.07) is 8.46. The Balaban J connectivity index is 1.41. The van der Waals surface area contributed by atoms with Gasteiger partial charge < -0.3 is 9.53 Å². The largest absolute Gasteiger partial charge is 0.366 e. The molecule has 1 fully saturated rings. The number of carbonyl (C=O) groups is 1. The minimum atomic E-state index is -3.42. The maximum Gasteiger partial charge on any atom is 0.240 e. The Kier molecular flexibility index (Phi) is 7.81. The molecular weight excluding hydrogens is 386 g/mol. The molecule has 1 saturated carbocycles. The Bertz CT molecular complexity index is 832. The number of rotatable bonds is 12. The maximum atomic E-state index is 12.2. The Morgan fingerprint density at radius 3 is 2.76 bits per heavy atom. The molecule has 0 heterocycles. The monoisotopic (exact) mass is 417 g/mol. The maximum absolute atomic E-state index is 12.2. The Morgan fingerprint density at radius 1 is 1.24 bits per heavy atom. The summed E-state index contributed by atoms with van der Waals surface area (Å²) in [4.78, 5) is 11.1. The molecule has 1 aromatic rings. The first-order chi connectivity index (χ1) is 14.0. The lowest BCUT2D eigenvalue weighted by Gasteiger charge is -2.24. The molecule has 158 valence electrons. The third-order valence-electron chi connectivity index (χ3n) is 5.73. The summed E-state index contributed by atoms with van der Waals surface area (Å²) >= 11 is 0. The van der Waals surface area contributed by atoms with Gasteiger partial charge in [-0.3, -0.25) is 0 Å². The predicted octanol–water partition coefficient (Wildman–Crippen LogP) is 3.88. The van der Waals surface area contributed by atoms with Gasteiger partial charge in [0.25, 0.3) is 0 Å². The van der Waals surface area contributed by atoms with E-state index in [1.165, 1.54) is 5.57 Å². The van der Waals surface area contributed by atoms with Gasteiger partial charge in [-0.1, -0.05) is 56.2 Å². The smallest absolute Gasteiger partial charge is 0.240 e. The molecule has 1 N–H and O–H groups in total. The van der Waals surface area contributed by atoms with Crippen LogP contribution in [0.1, 0.15) is 39.0 Å². The first-order valence-corrected chi connectivity index (χ1v) is 12.0. The second-order valence-corrected chi connectivity index (χ2v) is 9.86. The number of benzene rings is 1. The quantitative estimate of drug-likeness (QED) is 0.414. The van der Waals surface area contributed by atoms with Crippen molar-refractivity contribution in [1.82, 2.24) is 4.72 Å². The zero-order chi connectivity index (χ0) is 20.7. The van der Waals surface area contributed by atoms with Crippen molar-refractivity contribution in [2.24, 2.45) is 17.8 Å². The molecule has 3 rings (SSSR count). The van der Waals surface area contributed by atoms with Crippen molar-refractivity contribution in [3.63, 3.8) is 0 Å². The Morgan fingerprint density at radius 2 is 2.03 bits per heavy atom. The minimum Gasteiger partial charge on any atom is -0.366 e. The molecular formula is C23H31NO4S. The van der Waals surface area contributed by atoms with Gasteiger partial charge in [-0.05, 0) is 54.7 Å². The van der Waals surface area contributed by atoms with Crippen LogP contribution in [0.3, 0.4) is 0 Å². The van der Waals surface area contributed by atoms with Crippen LogP contribution in [0.5, 0.6) is 0 Å². The van der Waals surface area contributed by atoms with Crippen LogP contribution in [-0.4, -0.2) is 34.0 Å². The summed E-state index contributed by atoms with van der Waals surface area (Å²) in [5.41, 5.74) is 1.30. The molecule has 2 aliphatic carbocycles. The van der Waals surface area contributed by atoms with Crippen LogP contribution in [0.25, 0.3) is 0 Å². The van der Waals surface area contributed by atoms with Gasteiger partial charge in [0.15, 0.2) is 0 Å². The molecule has 29 heavy (non-hydrogen) atoms. The molecule has 2 aliphatic rings. The SMILES string of the molecule is CC1C=CC=C(C(OCC=O)C2CC2CCCCNS(=O)(=O)c2ccccc2)C1. The van der Waals surface area contributed by atoms with E-state index in [1.807, 2.05) is 0 Å². The fraction of sp³-hybridized carbons (Fsp3) is 0.522. The minimum absolute atomic E-state index is 0.0363. The number of hydrogen-bond donors (Lipinski definition) is 1. The van der Waals surface area contributed by atoms with Crippen LogP contribution in [0.4, 0.5) is 0 Å². The first-order valence-electron chi connectivity index (χ1n) is 10.5. The van der Waals surface area contributed by atoms with E-state index in [1.54, 1.807) is 30.3 Å². The van der Waals surface area contributed by atoms with Crippen molar-refractivity contribution in [3.8, 4) is 0 Å². The van der Waals surface area contributed by atoms with Crippen LogP contribution >= 0.6 is 0 Å². The van der Waals surface area contributed by atoms with Crippen LogP contribution < -0.4 is 4.72 Å². The number of nitrogens with one attached hydrogen (secondary N) is 1. The average Bonchev–Trinajstić information content (AvgIpc) is 3.48. The predicted molar refractivity (Wildman–Crippen MR) is 114 cm³/mol. The number of unbranched alkanes of at least 4 members (excludes halogenated alkanes) is 1. The van der Waals surface area contributed by atoms with Gasteiger partial charge in [-0.2, -0.15) is 0 Å². The average molecular weight is 418 g/mol. The molecule has 4 atom stereocenters. The number of carbonyl (C=O) groups excluding carboxylic acids is 1. The summed E-state index contributed by atoms with van der Waals surface area (Å²) in [6.07, 6.45) is 12.3. The molecule has 0 radical (unpaired) electrons. The zero-order valence-corrected chi connectivity index (χ0v) is 17.8. The van der Waals surface area contributed by atoms with E-state index in [0.717, 1.165) is 38.4 Å². The normalized spacial score (nSPS) is 24.7. The third kappa shape index (κ3) is 6.36. The van der Waals surface area contributed by atoms with Gasteiger partial charge in [0.2, 0.25) is 10.0 Å². The second kappa shape index (κ2) is 10.3. The van der Waals surface area contributed by atoms with E-state index in [-0.39, 0.29) is 12.7 Å². The molecule has 6 heteroatoms. The first kappa shape index (κ1) is 21.9. The van der Waals surface area contributed by atoms with Crippen LogP contribution in [0.15, 0.2) is 59.0 Å². The van der Waals surface area contributed by atoms with Crippen molar-refractivity contribution >= 4 is 16.3 Å². The molecule has 0 aromatic heterocycles. The molecule has 0 saturated heterocycles. The summed E-state index contributed by atoms with van der Waals surface area (Å²) in [7, 11) is -3.42. The van der Waals surface area contributed by atoms with Gasteiger partial charge >= 0.3 is 0 Å². The van der Waals surface area contributed by atoms with Crippen molar-refractivity contribution < 1.29 is 17.9 Å². The fourth-order valence-corrected chi connectivity index (χ4v) is 5.23. The van der Waals surface area contributed by atoms with Crippen LogP contribution in [0, 0.1) is 17.8 Å². The van der Waals surface area contributed by atoms with E-state index < -0.39 is 10.0 Å². The number of allylic oxidation sites excluding steroid dienone is 3. The third-order valence-corrected chi connectivity index (χ3v) is 7.21. The van der Waals surface area contributed by atoms with E-state index in [4.69, 9.17) is 4.74 Å². The lowest BCUT2D eigenvalue weighted by molar-refractivity contribution is -0.113. The molecule has 0 bridgehead atoms. The van der Waals surface area contributed by atoms with Crippen molar-refractivity contribution in [3.05, 3.63) is 54.1 Å². The van der Waals surface area contributed by atoms with Gasteiger partial charge in [0, 0.05) is 6.54 Å². The highest BCUT2D eigenvalue weighted by Gasteiger charge is 2.44. The van der Waals surface area contributed by atoms with Crippen LogP contribution in [0.2, 0.25) is 0 Å². The van der Waals surface area contributed by atoms with Crippen molar-refractivity contribution in [1.29, 1.82) is 0 Å². The molecule has 0 aliphatic heterocycles. The topological polar surface area (TPSA) is 72.5 Å². The summed E-state index contributed by atoms with van der Waals surface area (Å²) in [6.45, 7) is 2.79. The van der Waals surface area contributed by atoms with Crippen LogP contribution in [-0.2, 0) is 19.6 Å². The number of sulfonamides is 1. The Hall–Kier alpha value is -1.76. The molecule has 0 amide bonds. The van der Waals surface area contributed by atoms with Gasteiger partial charge in [0.05, 0.1) is 11.0 Å². The second-order valence-electron chi connectivity index (χ2n) is 8.09. The van der Waals surface area contributed by atoms with Gasteiger partial charge in [-0.25, -0.2) is 13.1 Å². The lowest BCUT2D eigenvalue weighted by Crippen LogP contribution is -2.24. The van der Waals surface area contributed by atoms with E-state index in [9.17, 15) is 13.2 Å². The summed E-state index contributed by atoms with van der Waals surface area (Å²) in [5.74, 6) is 1.58.